The number of aromatic amines is 1. The van der Waals surface area contributed by atoms with Gasteiger partial charge < -0.3 is 19.7 Å². The third-order valence-corrected chi connectivity index (χ3v) is 5.44. The minimum Gasteiger partial charge on any atom is -0.486 e. The van der Waals surface area contributed by atoms with Crippen LogP contribution in [0.5, 0.6) is 0 Å². The first kappa shape index (κ1) is 19.2. The van der Waals surface area contributed by atoms with Crippen molar-refractivity contribution >= 4 is 22.8 Å². The van der Waals surface area contributed by atoms with Gasteiger partial charge in [0.15, 0.2) is 17.2 Å². The van der Waals surface area contributed by atoms with Gasteiger partial charge >= 0.3 is 0 Å². The van der Waals surface area contributed by atoms with Crippen LogP contribution in [0.2, 0.25) is 0 Å². The zero-order valence-corrected chi connectivity index (χ0v) is 17.2. The average molecular weight is 416 g/mol. The molecule has 158 valence electrons. The van der Waals surface area contributed by atoms with Gasteiger partial charge in [-0.3, -0.25) is 5.10 Å². The predicted molar refractivity (Wildman–Crippen MR) is 120 cm³/mol. The summed E-state index contributed by atoms with van der Waals surface area (Å²) in [5.41, 5.74) is 2.99. The Hall–Kier alpha value is -3.81. The van der Waals surface area contributed by atoms with E-state index in [0.29, 0.717) is 36.3 Å². The molecule has 1 unspecified atom stereocenters. The minimum absolute atomic E-state index is 0.192. The zero-order valence-electron chi connectivity index (χ0n) is 17.2. The fraction of sp³-hybridized carbons (Fsp3) is 0.261. The number of hydrogen-bond acceptors (Lipinski definition) is 7. The van der Waals surface area contributed by atoms with Gasteiger partial charge in [0, 0.05) is 19.5 Å². The van der Waals surface area contributed by atoms with E-state index in [9.17, 15) is 0 Å². The van der Waals surface area contributed by atoms with Gasteiger partial charge in [-0.2, -0.15) is 15.1 Å². The van der Waals surface area contributed by atoms with Gasteiger partial charge in [-0.25, -0.2) is 0 Å². The van der Waals surface area contributed by atoms with Crippen molar-refractivity contribution in [3.8, 4) is 0 Å². The zero-order chi connectivity index (χ0) is 21.2. The standard InChI is InChI=1S/C23H24N6O2/c1-3-18-19(4-2)31-16(14-30-18)12-24-23-25-21-20-17(27-28-21)10-11-29(22(20)26-23)13-15-8-6-5-7-9-15/h3-9,16H,1-2,10-14H2,(H2,24,25,26,27,28). The molecule has 0 saturated heterocycles. The lowest BCUT2D eigenvalue weighted by molar-refractivity contribution is 0.0156. The van der Waals surface area contributed by atoms with E-state index < -0.39 is 0 Å². The Morgan fingerprint density at radius 2 is 2.00 bits per heavy atom. The van der Waals surface area contributed by atoms with E-state index in [1.165, 1.54) is 5.56 Å². The molecule has 1 atom stereocenters. The number of nitrogens with one attached hydrogen (secondary N) is 2. The maximum atomic E-state index is 5.94. The molecule has 31 heavy (non-hydrogen) atoms. The molecule has 0 amide bonds. The van der Waals surface area contributed by atoms with Crippen molar-refractivity contribution in [3.05, 3.63) is 78.4 Å². The Labute approximate surface area is 180 Å². The van der Waals surface area contributed by atoms with Gasteiger partial charge in [0.1, 0.15) is 18.5 Å². The highest BCUT2D eigenvalue weighted by Crippen LogP contribution is 2.32. The highest BCUT2D eigenvalue weighted by molar-refractivity contribution is 5.91. The molecule has 8 heteroatoms. The highest BCUT2D eigenvalue weighted by Gasteiger charge is 2.26. The molecular formula is C23H24N6O2. The summed E-state index contributed by atoms with van der Waals surface area (Å²) in [6.45, 7) is 10.1. The number of anilines is 2. The summed E-state index contributed by atoms with van der Waals surface area (Å²) >= 11 is 0. The molecule has 2 N–H and O–H groups in total. The summed E-state index contributed by atoms with van der Waals surface area (Å²) in [6.07, 6.45) is 3.95. The second kappa shape index (κ2) is 8.14. The smallest absolute Gasteiger partial charge is 0.226 e. The summed E-state index contributed by atoms with van der Waals surface area (Å²) in [5.74, 6) is 2.61. The Morgan fingerprint density at radius 3 is 2.81 bits per heavy atom. The second-order valence-electron chi connectivity index (χ2n) is 7.50. The molecule has 3 aromatic rings. The Balaban J connectivity index is 1.37. The topological polar surface area (TPSA) is 88.2 Å². The molecule has 4 heterocycles. The number of hydrogen-bond donors (Lipinski definition) is 2. The molecule has 0 saturated carbocycles. The number of nitrogens with zero attached hydrogens (tertiary/aromatic N) is 4. The first-order valence-corrected chi connectivity index (χ1v) is 10.3. The van der Waals surface area contributed by atoms with Crippen molar-refractivity contribution in [2.75, 3.05) is 29.9 Å². The lowest BCUT2D eigenvalue weighted by Crippen LogP contribution is -2.32. The molecule has 2 aromatic heterocycles. The van der Waals surface area contributed by atoms with Crippen LogP contribution in [0.4, 0.5) is 11.8 Å². The van der Waals surface area contributed by atoms with E-state index in [0.717, 1.165) is 36.4 Å². The van der Waals surface area contributed by atoms with Crippen molar-refractivity contribution in [3.63, 3.8) is 0 Å². The number of aromatic nitrogens is 4. The van der Waals surface area contributed by atoms with E-state index in [2.05, 4.69) is 62.8 Å². The van der Waals surface area contributed by atoms with Crippen LogP contribution in [0.3, 0.4) is 0 Å². The summed E-state index contributed by atoms with van der Waals surface area (Å²) in [4.78, 5) is 11.7. The van der Waals surface area contributed by atoms with Gasteiger partial charge in [-0.05, 0) is 17.7 Å². The molecule has 0 bridgehead atoms. The Morgan fingerprint density at radius 1 is 1.16 bits per heavy atom. The largest absolute Gasteiger partial charge is 0.486 e. The average Bonchev–Trinajstić information content (AvgIpc) is 3.24. The number of H-pyrrole nitrogens is 1. The minimum atomic E-state index is -0.192. The van der Waals surface area contributed by atoms with Gasteiger partial charge in [-0.1, -0.05) is 43.5 Å². The van der Waals surface area contributed by atoms with Crippen LogP contribution in [0.25, 0.3) is 11.0 Å². The van der Waals surface area contributed by atoms with Crippen LogP contribution >= 0.6 is 0 Å². The monoisotopic (exact) mass is 416 g/mol. The Kier molecular flexibility index (Phi) is 5.03. The van der Waals surface area contributed by atoms with E-state index in [-0.39, 0.29) is 6.10 Å². The van der Waals surface area contributed by atoms with Crippen molar-refractivity contribution in [1.29, 1.82) is 0 Å². The van der Waals surface area contributed by atoms with Gasteiger partial charge in [0.25, 0.3) is 0 Å². The molecular weight excluding hydrogens is 392 g/mol. The normalized spacial score (nSPS) is 17.8. The summed E-state index contributed by atoms with van der Waals surface area (Å²) < 4.78 is 11.6. The summed E-state index contributed by atoms with van der Waals surface area (Å²) in [6, 6.07) is 10.4. The lowest BCUT2D eigenvalue weighted by atomic mass is 10.1. The third-order valence-electron chi connectivity index (χ3n) is 5.44. The van der Waals surface area contributed by atoms with Crippen LogP contribution in [-0.2, 0) is 22.4 Å². The third kappa shape index (κ3) is 3.72. The number of ether oxygens (including phenoxy) is 2. The van der Waals surface area contributed by atoms with Crippen LogP contribution < -0.4 is 10.2 Å². The molecule has 1 aromatic carbocycles. The van der Waals surface area contributed by atoms with Gasteiger partial charge in [0.2, 0.25) is 5.95 Å². The van der Waals surface area contributed by atoms with Crippen molar-refractivity contribution in [2.45, 2.75) is 19.1 Å². The van der Waals surface area contributed by atoms with Gasteiger partial charge in [0.05, 0.1) is 17.6 Å². The SMILES string of the molecule is C=CC1=C(C=C)OC(CNc2nc3c4c([nH]nc4n2)CCN3Cc2ccccc2)CO1. The van der Waals surface area contributed by atoms with Crippen LogP contribution in [-0.4, -0.2) is 46.0 Å². The summed E-state index contributed by atoms with van der Waals surface area (Å²) in [5, 5.41) is 11.8. The molecule has 2 aliphatic rings. The van der Waals surface area contributed by atoms with Crippen LogP contribution in [0, 0.1) is 0 Å². The molecule has 2 aliphatic heterocycles. The molecule has 5 rings (SSSR count). The van der Waals surface area contributed by atoms with E-state index in [4.69, 9.17) is 14.5 Å². The van der Waals surface area contributed by atoms with Gasteiger partial charge in [-0.15, -0.1) is 0 Å². The highest BCUT2D eigenvalue weighted by atomic mass is 16.6. The van der Waals surface area contributed by atoms with Crippen LogP contribution in [0.15, 0.2) is 67.2 Å². The van der Waals surface area contributed by atoms with Crippen molar-refractivity contribution in [2.24, 2.45) is 0 Å². The first-order chi connectivity index (χ1) is 15.2. The molecule has 0 aliphatic carbocycles. The number of rotatable bonds is 7. The van der Waals surface area contributed by atoms with Crippen molar-refractivity contribution < 1.29 is 9.47 Å². The fourth-order valence-corrected chi connectivity index (χ4v) is 3.90. The Bertz CT molecular complexity index is 1150. The van der Waals surface area contributed by atoms with E-state index in [1.807, 2.05) is 6.07 Å². The maximum Gasteiger partial charge on any atom is 0.226 e. The molecule has 8 nitrogen and oxygen atoms in total. The second-order valence-corrected chi connectivity index (χ2v) is 7.50. The molecule has 0 fully saturated rings. The van der Waals surface area contributed by atoms with E-state index in [1.54, 1.807) is 12.2 Å². The quantitative estimate of drug-likeness (QED) is 0.611. The molecule has 0 radical (unpaired) electrons. The van der Waals surface area contributed by atoms with Crippen LogP contribution in [0.1, 0.15) is 11.3 Å². The lowest BCUT2D eigenvalue weighted by Gasteiger charge is -2.29. The number of benzene rings is 1. The van der Waals surface area contributed by atoms with Crippen molar-refractivity contribution in [1.82, 2.24) is 20.2 Å². The first-order valence-electron chi connectivity index (χ1n) is 10.3. The maximum absolute atomic E-state index is 5.94. The molecule has 0 spiro atoms. The van der Waals surface area contributed by atoms with E-state index >= 15 is 0 Å². The summed E-state index contributed by atoms with van der Waals surface area (Å²) in [7, 11) is 0. The number of allylic oxidation sites excluding steroid dienone is 2. The predicted octanol–water partition coefficient (Wildman–Crippen LogP) is 3.33. The fourth-order valence-electron chi connectivity index (χ4n) is 3.90.